The number of fused-ring (bicyclic) bond motifs is 1. The van der Waals surface area contributed by atoms with E-state index in [1.807, 2.05) is 17.0 Å². The van der Waals surface area contributed by atoms with E-state index in [2.05, 4.69) is 21.9 Å². The van der Waals surface area contributed by atoms with Crippen molar-refractivity contribution in [2.45, 2.75) is 6.54 Å². The van der Waals surface area contributed by atoms with Crippen LogP contribution in [0.1, 0.15) is 16.1 Å². The highest BCUT2D eigenvalue weighted by Gasteiger charge is 2.27. The van der Waals surface area contributed by atoms with Gasteiger partial charge < -0.3 is 9.80 Å². The number of hydrogen-bond donors (Lipinski definition) is 1. The number of amides is 1. The van der Waals surface area contributed by atoms with Gasteiger partial charge in [0.25, 0.3) is 11.5 Å². The van der Waals surface area contributed by atoms with E-state index in [0.717, 1.165) is 19.6 Å². The molecule has 1 aromatic carbocycles. The molecule has 134 valence electrons. The molecule has 0 bridgehead atoms. The Labute approximate surface area is 155 Å². The molecule has 0 atom stereocenters. The molecule has 1 amide bonds. The first-order valence-electron chi connectivity index (χ1n) is 8.73. The van der Waals surface area contributed by atoms with Gasteiger partial charge in [-0.15, -0.1) is 0 Å². The second kappa shape index (κ2) is 7.01. The van der Waals surface area contributed by atoms with Crippen molar-refractivity contribution in [2.75, 3.05) is 26.2 Å². The van der Waals surface area contributed by atoms with Crippen molar-refractivity contribution in [1.29, 1.82) is 0 Å². The van der Waals surface area contributed by atoms with Gasteiger partial charge in [0.2, 0.25) is 0 Å². The number of nitrogens with zero attached hydrogens (tertiary/aromatic N) is 3. The number of quaternary nitrogens is 1. The van der Waals surface area contributed by atoms with Crippen LogP contribution in [0.5, 0.6) is 0 Å². The maximum atomic E-state index is 13.0. The van der Waals surface area contributed by atoms with Gasteiger partial charge in [0.15, 0.2) is 5.69 Å². The molecule has 6 nitrogen and oxygen atoms in total. The van der Waals surface area contributed by atoms with E-state index in [-0.39, 0.29) is 11.5 Å². The van der Waals surface area contributed by atoms with E-state index in [1.165, 1.54) is 15.1 Å². The molecule has 3 heterocycles. The molecule has 0 saturated carbocycles. The summed E-state index contributed by atoms with van der Waals surface area (Å²) in [4.78, 5) is 28.6. The first-order chi connectivity index (χ1) is 12.6. The van der Waals surface area contributed by atoms with Crippen molar-refractivity contribution in [3.63, 3.8) is 0 Å². The summed E-state index contributed by atoms with van der Waals surface area (Å²) >= 11 is 1.72. The van der Waals surface area contributed by atoms with Crippen LogP contribution in [-0.2, 0) is 13.6 Å². The fraction of sp³-hybridized carbons (Fsp3) is 0.316. The Kier molecular flexibility index (Phi) is 4.57. The molecule has 1 aliphatic rings. The van der Waals surface area contributed by atoms with Crippen molar-refractivity contribution < 1.29 is 9.69 Å². The summed E-state index contributed by atoms with van der Waals surface area (Å²) in [6.45, 7) is 4.26. The highest BCUT2D eigenvalue weighted by molar-refractivity contribution is 7.07. The van der Waals surface area contributed by atoms with Crippen molar-refractivity contribution >= 4 is 28.0 Å². The van der Waals surface area contributed by atoms with Crippen LogP contribution in [0.25, 0.3) is 10.8 Å². The van der Waals surface area contributed by atoms with Crippen LogP contribution in [0, 0.1) is 0 Å². The Hall–Kier alpha value is -2.51. The molecule has 3 aromatic rings. The Morgan fingerprint density at radius 3 is 2.62 bits per heavy atom. The molecule has 2 aromatic heterocycles. The lowest BCUT2D eigenvalue weighted by Crippen LogP contribution is -3.13. The standard InChI is InChI=1S/C19H20N4O2S/c1-21-18(24)16-5-3-2-4-15(16)17(20-21)19(25)23-9-7-22(8-10-23)12-14-6-11-26-13-14/h2-6,11,13H,7-10,12H2,1H3/p+1. The fourth-order valence-corrected chi connectivity index (χ4v) is 4.16. The average molecular weight is 369 g/mol. The summed E-state index contributed by atoms with van der Waals surface area (Å²) in [5.74, 6) is -0.0913. The van der Waals surface area contributed by atoms with Crippen molar-refractivity contribution in [1.82, 2.24) is 14.7 Å². The lowest BCUT2D eigenvalue weighted by Gasteiger charge is -2.32. The van der Waals surface area contributed by atoms with E-state index in [1.54, 1.807) is 30.5 Å². The normalized spacial score (nSPS) is 15.5. The maximum absolute atomic E-state index is 13.0. The van der Waals surface area contributed by atoms with Gasteiger partial charge in [-0.05, 0) is 22.9 Å². The van der Waals surface area contributed by atoms with Gasteiger partial charge in [-0.3, -0.25) is 9.59 Å². The molecule has 26 heavy (non-hydrogen) atoms. The molecular weight excluding hydrogens is 348 g/mol. The summed E-state index contributed by atoms with van der Waals surface area (Å²) in [6.07, 6.45) is 0. The maximum Gasteiger partial charge on any atom is 0.275 e. The third kappa shape index (κ3) is 3.15. The molecule has 1 saturated heterocycles. The molecule has 0 spiro atoms. The van der Waals surface area contributed by atoms with Crippen LogP contribution in [-0.4, -0.2) is 46.8 Å². The molecule has 7 heteroatoms. The zero-order valence-corrected chi connectivity index (χ0v) is 15.5. The molecule has 4 rings (SSSR count). The van der Waals surface area contributed by atoms with Crippen molar-refractivity contribution in [3.8, 4) is 0 Å². The van der Waals surface area contributed by atoms with Crippen LogP contribution in [0.2, 0.25) is 0 Å². The molecular formula is C19H21N4O2S+. The number of piperazine rings is 1. The van der Waals surface area contributed by atoms with Gasteiger partial charge in [0.05, 0.1) is 31.6 Å². The predicted molar refractivity (Wildman–Crippen MR) is 102 cm³/mol. The lowest BCUT2D eigenvalue weighted by molar-refractivity contribution is -0.917. The van der Waals surface area contributed by atoms with E-state index in [9.17, 15) is 9.59 Å². The number of carbonyl (C=O) groups is 1. The molecule has 0 aliphatic carbocycles. The van der Waals surface area contributed by atoms with E-state index in [4.69, 9.17) is 0 Å². The summed E-state index contributed by atoms with van der Waals surface area (Å²) in [5.41, 5.74) is 1.54. The third-order valence-electron chi connectivity index (χ3n) is 4.95. The number of nitrogens with one attached hydrogen (secondary N) is 1. The van der Waals surface area contributed by atoms with Gasteiger partial charge in [0, 0.05) is 18.0 Å². The Bertz CT molecular complexity index is 988. The summed E-state index contributed by atoms with van der Waals surface area (Å²) in [5, 5.41) is 9.72. The fourth-order valence-electron chi connectivity index (χ4n) is 3.49. The number of carbonyl (C=O) groups excluding carboxylic acids is 1. The Morgan fingerprint density at radius 1 is 1.19 bits per heavy atom. The van der Waals surface area contributed by atoms with Gasteiger partial charge in [-0.25, -0.2) is 4.68 Å². The van der Waals surface area contributed by atoms with Crippen LogP contribution < -0.4 is 10.5 Å². The number of aryl methyl sites for hydroxylation is 1. The number of thiophene rings is 1. The highest BCUT2D eigenvalue weighted by atomic mass is 32.1. The largest absolute Gasteiger partial charge is 0.328 e. The van der Waals surface area contributed by atoms with Gasteiger partial charge >= 0.3 is 0 Å². The van der Waals surface area contributed by atoms with E-state index >= 15 is 0 Å². The molecule has 1 fully saturated rings. The monoisotopic (exact) mass is 369 g/mol. The summed E-state index contributed by atoms with van der Waals surface area (Å²) < 4.78 is 1.26. The van der Waals surface area contributed by atoms with Crippen LogP contribution in [0.3, 0.4) is 0 Å². The second-order valence-corrected chi connectivity index (χ2v) is 7.45. The van der Waals surface area contributed by atoms with Gasteiger partial charge in [-0.1, -0.05) is 18.2 Å². The zero-order chi connectivity index (χ0) is 18.1. The quantitative estimate of drug-likeness (QED) is 0.733. The smallest absolute Gasteiger partial charge is 0.275 e. The Balaban J connectivity index is 1.53. The topological polar surface area (TPSA) is 59.6 Å². The minimum Gasteiger partial charge on any atom is -0.328 e. The van der Waals surface area contributed by atoms with Crippen LogP contribution >= 0.6 is 11.3 Å². The average Bonchev–Trinajstić information content (AvgIpc) is 3.18. The summed E-state index contributed by atoms with van der Waals surface area (Å²) in [6, 6.07) is 9.36. The van der Waals surface area contributed by atoms with Crippen molar-refractivity contribution in [3.05, 3.63) is 62.7 Å². The number of benzene rings is 1. The Morgan fingerprint density at radius 2 is 1.92 bits per heavy atom. The number of hydrogen-bond acceptors (Lipinski definition) is 4. The first kappa shape index (κ1) is 16.9. The van der Waals surface area contributed by atoms with Gasteiger partial charge in [-0.2, -0.15) is 16.4 Å². The van der Waals surface area contributed by atoms with E-state index in [0.29, 0.717) is 29.6 Å². The minimum atomic E-state index is -0.179. The lowest BCUT2D eigenvalue weighted by atomic mass is 10.1. The molecule has 1 N–H and O–H groups in total. The first-order valence-corrected chi connectivity index (χ1v) is 9.68. The van der Waals surface area contributed by atoms with Crippen molar-refractivity contribution in [2.24, 2.45) is 7.05 Å². The highest BCUT2D eigenvalue weighted by Crippen LogP contribution is 2.15. The SMILES string of the molecule is Cn1nc(C(=O)N2CC[NH+](Cc3ccsc3)CC2)c2ccccc2c1=O. The minimum absolute atomic E-state index is 0.0913. The van der Waals surface area contributed by atoms with E-state index < -0.39 is 0 Å². The van der Waals surface area contributed by atoms with Crippen LogP contribution in [0.4, 0.5) is 0 Å². The number of aromatic nitrogens is 2. The number of rotatable bonds is 3. The molecule has 0 unspecified atom stereocenters. The second-order valence-electron chi connectivity index (χ2n) is 6.67. The molecule has 1 aliphatic heterocycles. The summed E-state index contributed by atoms with van der Waals surface area (Å²) in [7, 11) is 1.59. The zero-order valence-electron chi connectivity index (χ0n) is 14.6. The van der Waals surface area contributed by atoms with Crippen LogP contribution in [0.15, 0.2) is 45.9 Å². The molecule has 0 radical (unpaired) electrons. The third-order valence-corrected chi connectivity index (χ3v) is 5.68. The van der Waals surface area contributed by atoms with Gasteiger partial charge in [0.1, 0.15) is 6.54 Å². The predicted octanol–water partition coefficient (Wildman–Crippen LogP) is 0.536.